The number of carbonyl (C=O) groups excluding carboxylic acids is 1. The lowest BCUT2D eigenvalue weighted by molar-refractivity contribution is -0.132. The Kier molecular flexibility index (Phi) is 6.10. The molecule has 0 aromatic heterocycles. The van der Waals surface area contributed by atoms with Crippen molar-refractivity contribution >= 4 is 5.91 Å². The Balaban J connectivity index is 2.22. The Labute approximate surface area is 139 Å². The van der Waals surface area contributed by atoms with Crippen LogP contribution in [0.1, 0.15) is 32.6 Å². The first-order valence-corrected chi connectivity index (χ1v) is 8.59. The second-order valence-corrected chi connectivity index (χ2v) is 6.38. The van der Waals surface area contributed by atoms with Crippen molar-refractivity contribution in [2.45, 2.75) is 32.6 Å². The van der Waals surface area contributed by atoms with E-state index >= 15 is 0 Å². The molecular formula is C18H30N2O3. The Morgan fingerprint density at radius 2 is 1.96 bits per heavy atom. The first-order valence-electron chi connectivity index (χ1n) is 8.59. The minimum Gasteiger partial charge on any atom is -0.501 e. The molecule has 2 aliphatic rings. The van der Waals surface area contributed by atoms with Crippen LogP contribution < -0.4 is 5.32 Å². The monoisotopic (exact) mass is 322 g/mol. The summed E-state index contributed by atoms with van der Waals surface area (Å²) < 4.78 is 11.2. The first kappa shape index (κ1) is 17.9. The third-order valence-corrected chi connectivity index (χ3v) is 4.87. The Morgan fingerprint density at radius 1 is 1.30 bits per heavy atom. The summed E-state index contributed by atoms with van der Waals surface area (Å²) in [5, 5.41) is 3.13. The Morgan fingerprint density at radius 3 is 2.48 bits per heavy atom. The van der Waals surface area contributed by atoms with Crippen LogP contribution in [0, 0.1) is 11.3 Å². The summed E-state index contributed by atoms with van der Waals surface area (Å²) in [6.07, 6.45) is 7.85. The van der Waals surface area contributed by atoms with Crippen LogP contribution in [0.2, 0.25) is 0 Å². The van der Waals surface area contributed by atoms with E-state index in [9.17, 15) is 4.79 Å². The molecule has 0 unspecified atom stereocenters. The number of methoxy groups -OCH3 is 2. The van der Waals surface area contributed by atoms with Crippen LogP contribution in [0.15, 0.2) is 23.7 Å². The van der Waals surface area contributed by atoms with E-state index in [-0.39, 0.29) is 11.8 Å². The summed E-state index contributed by atoms with van der Waals surface area (Å²) in [6.45, 7) is 4.66. The summed E-state index contributed by atoms with van der Waals surface area (Å²) >= 11 is 0. The topological polar surface area (TPSA) is 50.8 Å². The second kappa shape index (κ2) is 7.86. The summed E-state index contributed by atoms with van der Waals surface area (Å²) in [5.74, 6) is 2.05. The maximum Gasteiger partial charge on any atom is 0.236 e. The first-order chi connectivity index (χ1) is 11.1. The molecule has 0 aromatic rings. The lowest BCUT2D eigenvalue weighted by Crippen LogP contribution is -2.36. The van der Waals surface area contributed by atoms with Crippen LogP contribution in [0.3, 0.4) is 0 Å². The molecule has 0 bridgehead atoms. The highest BCUT2D eigenvalue weighted by Crippen LogP contribution is 2.44. The van der Waals surface area contributed by atoms with Gasteiger partial charge in [0.15, 0.2) is 0 Å². The number of amides is 1. The summed E-state index contributed by atoms with van der Waals surface area (Å²) in [7, 11) is 5.30. The van der Waals surface area contributed by atoms with E-state index in [0.29, 0.717) is 0 Å². The smallest absolute Gasteiger partial charge is 0.236 e. The van der Waals surface area contributed by atoms with Crippen LogP contribution in [0.4, 0.5) is 0 Å². The van der Waals surface area contributed by atoms with Gasteiger partial charge < -0.3 is 19.7 Å². The maximum absolute atomic E-state index is 13.0. The predicted octanol–water partition coefficient (Wildman–Crippen LogP) is 2.31. The van der Waals surface area contributed by atoms with Crippen LogP contribution >= 0.6 is 0 Å². The lowest BCUT2D eigenvalue weighted by atomic mass is 9.77. The molecule has 1 saturated heterocycles. The molecule has 130 valence electrons. The van der Waals surface area contributed by atoms with Crippen LogP contribution in [0.5, 0.6) is 0 Å². The molecule has 1 aliphatic carbocycles. The maximum atomic E-state index is 13.0. The predicted molar refractivity (Wildman–Crippen MR) is 90.8 cm³/mol. The van der Waals surface area contributed by atoms with Crippen molar-refractivity contribution in [1.82, 2.24) is 10.2 Å². The Hall–Kier alpha value is -1.49. The van der Waals surface area contributed by atoms with Gasteiger partial charge in [-0.15, -0.1) is 0 Å². The van der Waals surface area contributed by atoms with Gasteiger partial charge in [0, 0.05) is 13.1 Å². The highest BCUT2D eigenvalue weighted by Gasteiger charge is 2.47. The van der Waals surface area contributed by atoms with Gasteiger partial charge in [0.2, 0.25) is 5.91 Å². The highest BCUT2D eigenvalue weighted by molar-refractivity contribution is 5.89. The third-order valence-electron chi connectivity index (χ3n) is 4.87. The molecule has 5 nitrogen and oxygen atoms in total. The van der Waals surface area contributed by atoms with E-state index in [1.807, 2.05) is 24.1 Å². The van der Waals surface area contributed by atoms with E-state index in [1.165, 1.54) is 0 Å². The molecule has 5 heteroatoms. The zero-order valence-electron chi connectivity index (χ0n) is 14.9. The summed E-state index contributed by atoms with van der Waals surface area (Å²) in [4.78, 5) is 14.9. The van der Waals surface area contributed by atoms with Gasteiger partial charge in [0.05, 0.1) is 25.6 Å². The fourth-order valence-corrected chi connectivity index (χ4v) is 3.62. The number of nitrogens with zero attached hydrogens (tertiary/aromatic N) is 1. The van der Waals surface area contributed by atoms with Gasteiger partial charge in [-0.2, -0.15) is 0 Å². The standard InChI is InChI=1S/C18H30N2O3/c1-5-7-14-15(22-3)12-18(13-16(14)23-4)8-11-20(17(18)21)10-6-9-19-2/h12-14,19H,5-11H2,1-4H3. The number of hydrogen-bond acceptors (Lipinski definition) is 4. The van der Waals surface area contributed by atoms with Crippen molar-refractivity contribution in [1.29, 1.82) is 0 Å². The summed E-state index contributed by atoms with van der Waals surface area (Å²) in [6, 6.07) is 0. The number of rotatable bonds is 8. The van der Waals surface area contributed by atoms with Crippen molar-refractivity contribution in [3.8, 4) is 0 Å². The summed E-state index contributed by atoms with van der Waals surface area (Å²) in [5.41, 5.74) is -0.583. The molecule has 23 heavy (non-hydrogen) atoms. The number of carbonyl (C=O) groups is 1. The molecular weight excluding hydrogens is 292 g/mol. The quantitative estimate of drug-likeness (QED) is 0.697. The zero-order chi connectivity index (χ0) is 16.9. The minimum atomic E-state index is -0.583. The molecule has 0 aromatic carbocycles. The average molecular weight is 322 g/mol. The van der Waals surface area contributed by atoms with Crippen molar-refractivity contribution in [3.63, 3.8) is 0 Å². The second-order valence-electron chi connectivity index (χ2n) is 6.38. The van der Waals surface area contributed by atoms with Gasteiger partial charge in [0.1, 0.15) is 11.5 Å². The van der Waals surface area contributed by atoms with Crippen molar-refractivity contribution in [2.75, 3.05) is 40.9 Å². The molecule has 1 aliphatic heterocycles. The fraction of sp³-hybridized carbons (Fsp3) is 0.722. The van der Waals surface area contributed by atoms with Gasteiger partial charge in [0.25, 0.3) is 0 Å². The average Bonchev–Trinajstić information content (AvgIpc) is 2.86. The number of likely N-dealkylation sites (tertiary alicyclic amines) is 1. The molecule has 0 radical (unpaired) electrons. The van der Waals surface area contributed by atoms with Crippen molar-refractivity contribution in [3.05, 3.63) is 23.7 Å². The van der Waals surface area contributed by atoms with Crippen LogP contribution in [-0.2, 0) is 14.3 Å². The van der Waals surface area contributed by atoms with Crippen LogP contribution in [-0.4, -0.2) is 51.7 Å². The van der Waals surface area contributed by atoms with Gasteiger partial charge in [-0.05, 0) is 45.0 Å². The van der Waals surface area contributed by atoms with E-state index < -0.39 is 5.41 Å². The van der Waals surface area contributed by atoms with Crippen molar-refractivity contribution in [2.24, 2.45) is 11.3 Å². The Bertz CT molecular complexity index is 463. The molecule has 2 rings (SSSR count). The zero-order valence-corrected chi connectivity index (χ0v) is 14.9. The molecule has 1 N–H and O–H groups in total. The lowest BCUT2D eigenvalue weighted by Gasteiger charge is -2.32. The molecule has 1 fully saturated rings. The van der Waals surface area contributed by atoms with Gasteiger partial charge >= 0.3 is 0 Å². The van der Waals surface area contributed by atoms with Crippen LogP contribution in [0.25, 0.3) is 0 Å². The van der Waals surface area contributed by atoms with Gasteiger partial charge in [-0.25, -0.2) is 0 Å². The normalized spacial score (nSPS) is 27.2. The van der Waals surface area contributed by atoms with Gasteiger partial charge in [-0.1, -0.05) is 13.3 Å². The fourth-order valence-electron chi connectivity index (χ4n) is 3.62. The van der Waals surface area contributed by atoms with E-state index in [2.05, 4.69) is 12.2 Å². The number of hydrogen-bond donors (Lipinski definition) is 1. The van der Waals surface area contributed by atoms with E-state index in [0.717, 1.165) is 56.8 Å². The third kappa shape index (κ3) is 3.55. The largest absolute Gasteiger partial charge is 0.501 e. The van der Waals surface area contributed by atoms with Crippen molar-refractivity contribution < 1.29 is 14.3 Å². The molecule has 0 saturated carbocycles. The van der Waals surface area contributed by atoms with E-state index in [1.54, 1.807) is 14.2 Å². The SMILES string of the molecule is CCCC1C(OC)=CC2(C=C1OC)CCN(CCCNC)C2=O. The minimum absolute atomic E-state index is 0.131. The molecule has 0 atom stereocenters. The molecule has 1 heterocycles. The molecule has 1 spiro atoms. The number of nitrogens with one attached hydrogen (secondary N) is 1. The van der Waals surface area contributed by atoms with E-state index in [4.69, 9.17) is 9.47 Å². The van der Waals surface area contributed by atoms with Gasteiger partial charge in [-0.3, -0.25) is 4.79 Å². The number of ether oxygens (including phenoxy) is 2. The molecule has 1 amide bonds. The highest BCUT2D eigenvalue weighted by atomic mass is 16.5.